The summed E-state index contributed by atoms with van der Waals surface area (Å²) in [6.45, 7) is 3.93. The summed E-state index contributed by atoms with van der Waals surface area (Å²) in [7, 11) is 0. The van der Waals surface area contributed by atoms with Crippen LogP contribution in [0.5, 0.6) is 0 Å². The van der Waals surface area contributed by atoms with Crippen LogP contribution in [-0.4, -0.2) is 78.2 Å². The Bertz CT molecular complexity index is 841. The fourth-order valence-corrected chi connectivity index (χ4v) is 3.45. The first-order valence-electron chi connectivity index (χ1n) is 12.8. The number of allylic oxidation sites excluding steroid dienone is 1. The molecular formula is C25H34N2O12. The van der Waals surface area contributed by atoms with Gasteiger partial charge >= 0.3 is 23.9 Å². The average Bonchev–Trinajstić information content (AvgIpc) is 3.38. The van der Waals surface area contributed by atoms with Gasteiger partial charge in [0.2, 0.25) is 0 Å². The third-order valence-electron chi connectivity index (χ3n) is 5.54. The maximum Gasteiger partial charge on any atom is 0.333 e. The maximum atomic E-state index is 11.8. The molecule has 39 heavy (non-hydrogen) atoms. The number of amides is 3. The van der Waals surface area contributed by atoms with E-state index in [0.29, 0.717) is 42.9 Å². The summed E-state index contributed by atoms with van der Waals surface area (Å²) in [5.74, 6) is -3.59. The van der Waals surface area contributed by atoms with Crippen LogP contribution in [0.1, 0.15) is 77.0 Å². The van der Waals surface area contributed by atoms with Crippen molar-refractivity contribution < 1.29 is 57.4 Å². The second-order valence-corrected chi connectivity index (χ2v) is 8.73. The second kappa shape index (κ2) is 16.9. The lowest BCUT2D eigenvalue weighted by molar-refractivity contribution is -0.197. The Morgan fingerprint density at radius 1 is 0.564 bits per heavy atom. The van der Waals surface area contributed by atoms with E-state index in [1.807, 2.05) is 0 Å². The lowest BCUT2D eigenvalue weighted by atomic mass is 10.2. The smallest absolute Gasteiger partial charge is 0.333 e. The summed E-state index contributed by atoms with van der Waals surface area (Å²) in [5.41, 5.74) is 0.447. The van der Waals surface area contributed by atoms with Gasteiger partial charge in [-0.05, 0) is 32.1 Å². The largest absolute Gasteiger partial charge is 0.463 e. The molecule has 0 spiro atoms. The van der Waals surface area contributed by atoms with Crippen molar-refractivity contribution in [3.05, 3.63) is 12.3 Å². The number of carbonyl (C=O) groups is 7. The van der Waals surface area contributed by atoms with Crippen LogP contribution in [0.25, 0.3) is 0 Å². The lowest BCUT2D eigenvalue weighted by Crippen LogP contribution is -2.31. The molecule has 2 saturated heterocycles. The number of hydroxylamine groups is 4. The third kappa shape index (κ3) is 12.1. The molecule has 0 N–H and O–H groups in total. The number of hydrogen-bond donors (Lipinski definition) is 0. The van der Waals surface area contributed by atoms with E-state index in [1.54, 1.807) is 0 Å². The first-order chi connectivity index (χ1) is 18.7. The Kier molecular flexibility index (Phi) is 13.6. The Morgan fingerprint density at radius 3 is 1.38 bits per heavy atom. The van der Waals surface area contributed by atoms with Crippen molar-refractivity contribution in [2.75, 3.05) is 26.4 Å². The van der Waals surface area contributed by atoms with E-state index >= 15 is 0 Å². The molecule has 0 aliphatic carbocycles. The fourth-order valence-electron chi connectivity index (χ4n) is 3.45. The Morgan fingerprint density at radius 2 is 0.949 bits per heavy atom. The summed E-state index contributed by atoms with van der Waals surface area (Å²) in [6.07, 6.45) is 2.49. The van der Waals surface area contributed by atoms with Gasteiger partial charge in [0.05, 0.1) is 18.9 Å². The molecule has 0 bridgehead atoms. The van der Waals surface area contributed by atoms with Gasteiger partial charge in [-0.1, -0.05) is 6.58 Å². The molecule has 0 radical (unpaired) electrons. The summed E-state index contributed by atoms with van der Waals surface area (Å²) >= 11 is 0. The zero-order chi connectivity index (χ0) is 28.6. The van der Waals surface area contributed by atoms with E-state index < -0.39 is 35.7 Å². The zero-order valence-corrected chi connectivity index (χ0v) is 21.8. The van der Waals surface area contributed by atoms with Gasteiger partial charge < -0.3 is 23.9 Å². The standard InChI is InChI=1S/C25H34N2O12/c1-18-10-11-19(28)26(18)38-24(33)8-4-2-6-22(31)36-16-14-35-15-17-37-23(32)7-3-5-9-25(34)39-27-20(29)12-13-21(27)30/h1-17H2. The van der Waals surface area contributed by atoms with Crippen molar-refractivity contribution in [1.82, 2.24) is 10.1 Å². The minimum absolute atomic E-state index is 0.0144. The molecule has 0 unspecified atom stereocenters. The first kappa shape index (κ1) is 31.4. The van der Waals surface area contributed by atoms with Gasteiger partial charge in [-0.2, -0.15) is 0 Å². The summed E-state index contributed by atoms with van der Waals surface area (Å²) in [4.78, 5) is 90.9. The van der Waals surface area contributed by atoms with Crippen LogP contribution < -0.4 is 0 Å². The molecule has 2 aliphatic heterocycles. The second-order valence-electron chi connectivity index (χ2n) is 8.73. The van der Waals surface area contributed by atoms with E-state index in [0.717, 1.165) is 5.06 Å². The van der Waals surface area contributed by atoms with Crippen molar-refractivity contribution in [2.24, 2.45) is 0 Å². The predicted molar refractivity (Wildman–Crippen MR) is 128 cm³/mol. The van der Waals surface area contributed by atoms with Gasteiger partial charge in [0.1, 0.15) is 13.2 Å². The van der Waals surface area contributed by atoms with Crippen LogP contribution in [0.15, 0.2) is 12.3 Å². The van der Waals surface area contributed by atoms with E-state index in [1.165, 1.54) is 0 Å². The van der Waals surface area contributed by atoms with Gasteiger partial charge in [-0.15, -0.1) is 10.1 Å². The minimum Gasteiger partial charge on any atom is -0.463 e. The van der Waals surface area contributed by atoms with Crippen molar-refractivity contribution in [1.29, 1.82) is 0 Å². The molecule has 0 aromatic heterocycles. The van der Waals surface area contributed by atoms with E-state index in [9.17, 15) is 33.6 Å². The van der Waals surface area contributed by atoms with Crippen LogP contribution in [0.3, 0.4) is 0 Å². The Balaban J connectivity index is 1.36. The normalized spacial score (nSPS) is 15.1. The number of imide groups is 1. The first-order valence-corrected chi connectivity index (χ1v) is 12.8. The molecular weight excluding hydrogens is 520 g/mol. The van der Waals surface area contributed by atoms with Gasteiger partial charge in [0, 0.05) is 44.9 Å². The van der Waals surface area contributed by atoms with E-state index in [4.69, 9.17) is 23.9 Å². The van der Waals surface area contributed by atoms with Crippen LogP contribution in [0.2, 0.25) is 0 Å². The predicted octanol–water partition coefficient (Wildman–Crippen LogP) is 1.41. The van der Waals surface area contributed by atoms with Gasteiger partial charge in [-0.25, -0.2) is 9.59 Å². The Labute approximate surface area is 225 Å². The van der Waals surface area contributed by atoms with Gasteiger partial charge in [0.15, 0.2) is 0 Å². The SMILES string of the molecule is C=C1CCC(=O)N1OC(=O)CCCCC(=O)OCCOCCOC(=O)CCCCC(=O)ON1C(=O)CCC1=O. The molecule has 0 aromatic rings. The highest BCUT2D eigenvalue weighted by atomic mass is 16.7. The average molecular weight is 555 g/mol. The number of rotatable bonds is 18. The lowest BCUT2D eigenvalue weighted by Gasteiger charge is -2.15. The summed E-state index contributed by atoms with van der Waals surface area (Å²) < 4.78 is 15.3. The van der Waals surface area contributed by atoms with Crippen molar-refractivity contribution in [3.8, 4) is 0 Å². The summed E-state index contributed by atoms with van der Waals surface area (Å²) in [5, 5.41) is 1.41. The number of hydrogen-bond acceptors (Lipinski definition) is 12. The molecule has 0 atom stereocenters. The number of ether oxygens (including phenoxy) is 3. The van der Waals surface area contributed by atoms with Crippen LogP contribution in [0, 0.1) is 0 Å². The molecule has 2 aliphatic rings. The van der Waals surface area contributed by atoms with Crippen LogP contribution in [0.4, 0.5) is 0 Å². The molecule has 3 amide bonds. The van der Waals surface area contributed by atoms with Crippen molar-refractivity contribution in [2.45, 2.75) is 77.0 Å². The highest BCUT2D eigenvalue weighted by Crippen LogP contribution is 2.21. The molecule has 0 aromatic carbocycles. The molecule has 14 heteroatoms. The quantitative estimate of drug-likeness (QED) is 0.136. The molecule has 2 rings (SSSR count). The highest BCUT2D eigenvalue weighted by molar-refractivity contribution is 6.01. The molecule has 2 heterocycles. The highest BCUT2D eigenvalue weighted by Gasteiger charge is 2.32. The van der Waals surface area contributed by atoms with Crippen LogP contribution in [-0.2, 0) is 57.4 Å². The van der Waals surface area contributed by atoms with E-state index in [-0.39, 0.29) is 77.3 Å². The topological polar surface area (TPSA) is 172 Å². The van der Waals surface area contributed by atoms with Crippen LogP contribution >= 0.6 is 0 Å². The van der Waals surface area contributed by atoms with Gasteiger partial charge in [-0.3, -0.25) is 24.0 Å². The summed E-state index contributed by atoms with van der Waals surface area (Å²) in [6, 6.07) is 0. The zero-order valence-electron chi connectivity index (χ0n) is 21.8. The molecule has 0 saturated carbocycles. The van der Waals surface area contributed by atoms with Crippen molar-refractivity contribution in [3.63, 3.8) is 0 Å². The number of unbranched alkanes of at least 4 members (excludes halogenated alkanes) is 2. The number of nitrogens with zero attached hydrogens (tertiary/aromatic N) is 2. The molecule has 14 nitrogen and oxygen atoms in total. The Hall–Kier alpha value is -3.81. The molecule has 2 fully saturated rings. The fraction of sp³-hybridized carbons (Fsp3) is 0.640. The molecule has 216 valence electrons. The third-order valence-corrected chi connectivity index (χ3v) is 5.54. The van der Waals surface area contributed by atoms with Gasteiger partial charge in [0.25, 0.3) is 17.7 Å². The van der Waals surface area contributed by atoms with E-state index in [2.05, 4.69) is 6.58 Å². The maximum absolute atomic E-state index is 11.8. The van der Waals surface area contributed by atoms with Crippen molar-refractivity contribution >= 4 is 41.6 Å². The number of carbonyl (C=O) groups excluding carboxylic acids is 7. The number of esters is 2. The monoisotopic (exact) mass is 554 g/mol. The minimum atomic E-state index is -0.718.